The molecule has 0 aliphatic heterocycles. The van der Waals surface area contributed by atoms with Crippen molar-refractivity contribution in [3.63, 3.8) is 0 Å². The van der Waals surface area contributed by atoms with Crippen LogP contribution in [0.1, 0.15) is 73.1 Å². The molecule has 21 heavy (non-hydrogen) atoms. The lowest BCUT2D eigenvalue weighted by Crippen LogP contribution is -2.44. The molecule has 1 rings (SSSR count). The minimum Gasteiger partial charge on any atom is -0.327 e. The first kappa shape index (κ1) is 19.0. The Kier molecular flexibility index (Phi) is 8.89. The van der Waals surface area contributed by atoms with Gasteiger partial charge in [-0.2, -0.15) is 0 Å². The van der Waals surface area contributed by atoms with Crippen molar-refractivity contribution in [1.29, 1.82) is 0 Å². The van der Waals surface area contributed by atoms with Gasteiger partial charge in [-0.3, -0.25) is 0 Å². The van der Waals surface area contributed by atoms with Crippen molar-refractivity contribution in [2.24, 2.45) is 29.4 Å². The highest BCUT2D eigenvalue weighted by molar-refractivity contribution is 4.84. The number of rotatable bonds is 9. The average Bonchev–Trinajstić information content (AvgIpc) is 2.43. The molecule has 3 unspecified atom stereocenters. The molecule has 2 nitrogen and oxygen atoms in total. The third-order valence-electron chi connectivity index (χ3n) is 5.27. The fourth-order valence-corrected chi connectivity index (χ4v) is 3.47. The van der Waals surface area contributed by atoms with Gasteiger partial charge in [0.15, 0.2) is 0 Å². The molecule has 0 heterocycles. The molecule has 1 saturated carbocycles. The summed E-state index contributed by atoms with van der Waals surface area (Å²) >= 11 is 0. The Balaban J connectivity index is 2.51. The van der Waals surface area contributed by atoms with Crippen LogP contribution in [-0.2, 0) is 0 Å². The van der Waals surface area contributed by atoms with Crippen LogP contribution in [0.15, 0.2) is 0 Å². The van der Waals surface area contributed by atoms with E-state index in [9.17, 15) is 0 Å². The van der Waals surface area contributed by atoms with E-state index in [4.69, 9.17) is 5.73 Å². The summed E-state index contributed by atoms with van der Waals surface area (Å²) in [5.74, 6) is 3.25. The Hall–Kier alpha value is -0.0800. The second-order valence-electron chi connectivity index (χ2n) is 8.18. The van der Waals surface area contributed by atoms with Crippen LogP contribution in [0.25, 0.3) is 0 Å². The van der Waals surface area contributed by atoms with Crippen molar-refractivity contribution in [1.82, 2.24) is 4.90 Å². The Morgan fingerprint density at radius 2 is 1.57 bits per heavy atom. The normalized spacial score (nSPS) is 27.0. The standard InChI is InChI=1S/C19H40N2/c1-6-17-7-8-19(20)18(13-17)14-21(11-9-15(2)3)12-10-16(4)5/h15-19H,6-14,20H2,1-5H3. The van der Waals surface area contributed by atoms with Crippen molar-refractivity contribution in [3.8, 4) is 0 Å². The van der Waals surface area contributed by atoms with Gasteiger partial charge in [-0.15, -0.1) is 0 Å². The van der Waals surface area contributed by atoms with E-state index in [1.54, 1.807) is 0 Å². The van der Waals surface area contributed by atoms with E-state index in [2.05, 4.69) is 39.5 Å². The Morgan fingerprint density at radius 1 is 1.00 bits per heavy atom. The highest BCUT2D eigenvalue weighted by Crippen LogP contribution is 2.31. The van der Waals surface area contributed by atoms with Crippen LogP contribution < -0.4 is 5.73 Å². The maximum atomic E-state index is 6.43. The zero-order valence-electron chi connectivity index (χ0n) is 15.3. The smallest absolute Gasteiger partial charge is 0.00795 e. The van der Waals surface area contributed by atoms with Crippen LogP contribution in [0, 0.1) is 23.7 Å². The topological polar surface area (TPSA) is 29.3 Å². The molecule has 0 aromatic rings. The lowest BCUT2D eigenvalue weighted by Gasteiger charge is -2.37. The first-order valence-corrected chi connectivity index (χ1v) is 9.40. The predicted molar refractivity (Wildman–Crippen MR) is 94.4 cm³/mol. The molecule has 0 amide bonds. The molecule has 2 N–H and O–H groups in total. The zero-order valence-corrected chi connectivity index (χ0v) is 15.3. The Bertz CT molecular complexity index is 250. The fraction of sp³-hybridized carbons (Fsp3) is 1.00. The summed E-state index contributed by atoms with van der Waals surface area (Å²) in [7, 11) is 0. The van der Waals surface area contributed by atoms with E-state index in [1.807, 2.05) is 0 Å². The van der Waals surface area contributed by atoms with Crippen LogP contribution >= 0.6 is 0 Å². The highest BCUT2D eigenvalue weighted by atomic mass is 15.1. The number of nitrogens with two attached hydrogens (primary N) is 1. The summed E-state index contributed by atoms with van der Waals surface area (Å²) in [6.07, 6.45) is 7.92. The molecule has 3 atom stereocenters. The summed E-state index contributed by atoms with van der Waals surface area (Å²) in [6, 6.07) is 0.438. The molecule has 2 heteroatoms. The van der Waals surface area contributed by atoms with Crippen LogP contribution in [0.4, 0.5) is 0 Å². The minimum atomic E-state index is 0.438. The molecule has 0 radical (unpaired) electrons. The van der Waals surface area contributed by atoms with Crippen LogP contribution in [0.3, 0.4) is 0 Å². The summed E-state index contributed by atoms with van der Waals surface area (Å²) in [5, 5.41) is 0. The first-order valence-electron chi connectivity index (χ1n) is 9.40. The van der Waals surface area contributed by atoms with E-state index in [1.165, 1.54) is 58.2 Å². The maximum Gasteiger partial charge on any atom is 0.00795 e. The van der Waals surface area contributed by atoms with Gasteiger partial charge in [-0.1, -0.05) is 41.0 Å². The van der Waals surface area contributed by atoms with Crippen molar-refractivity contribution in [2.75, 3.05) is 19.6 Å². The molecule has 0 bridgehead atoms. The van der Waals surface area contributed by atoms with E-state index in [0.29, 0.717) is 6.04 Å². The summed E-state index contributed by atoms with van der Waals surface area (Å²) in [4.78, 5) is 2.71. The van der Waals surface area contributed by atoms with Crippen LogP contribution in [-0.4, -0.2) is 30.6 Å². The molecule has 0 aromatic carbocycles. The van der Waals surface area contributed by atoms with Gasteiger partial charge in [0.25, 0.3) is 0 Å². The Labute approximate surface area is 133 Å². The summed E-state index contributed by atoms with van der Waals surface area (Å²) in [5.41, 5.74) is 6.43. The van der Waals surface area contributed by atoms with Crippen LogP contribution in [0.5, 0.6) is 0 Å². The van der Waals surface area contributed by atoms with Gasteiger partial charge < -0.3 is 10.6 Å². The molecular weight excluding hydrogens is 256 g/mol. The Morgan fingerprint density at radius 3 is 2.05 bits per heavy atom. The molecule has 126 valence electrons. The quantitative estimate of drug-likeness (QED) is 0.677. The molecule has 1 aliphatic carbocycles. The monoisotopic (exact) mass is 296 g/mol. The van der Waals surface area contributed by atoms with E-state index in [0.717, 1.165) is 23.7 Å². The van der Waals surface area contributed by atoms with Gasteiger partial charge >= 0.3 is 0 Å². The van der Waals surface area contributed by atoms with Crippen molar-refractivity contribution < 1.29 is 0 Å². The van der Waals surface area contributed by atoms with Crippen LogP contribution in [0.2, 0.25) is 0 Å². The van der Waals surface area contributed by atoms with Crippen molar-refractivity contribution >= 4 is 0 Å². The average molecular weight is 297 g/mol. The van der Waals surface area contributed by atoms with Gasteiger partial charge in [0.1, 0.15) is 0 Å². The summed E-state index contributed by atoms with van der Waals surface area (Å²) in [6.45, 7) is 15.4. The lowest BCUT2D eigenvalue weighted by molar-refractivity contribution is 0.145. The van der Waals surface area contributed by atoms with Gasteiger partial charge in [-0.05, 0) is 68.9 Å². The minimum absolute atomic E-state index is 0.438. The molecular formula is C19H40N2. The van der Waals surface area contributed by atoms with E-state index < -0.39 is 0 Å². The molecule has 0 saturated heterocycles. The van der Waals surface area contributed by atoms with Gasteiger partial charge in [0.2, 0.25) is 0 Å². The number of nitrogens with zero attached hydrogens (tertiary/aromatic N) is 1. The van der Waals surface area contributed by atoms with Crippen molar-refractivity contribution in [3.05, 3.63) is 0 Å². The number of hydrogen-bond acceptors (Lipinski definition) is 2. The first-order chi connectivity index (χ1) is 9.92. The zero-order chi connectivity index (χ0) is 15.8. The molecule has 1 fully saturated rings. The SMILES string of the molecule is CCC1CCC(N)C(CN(CCC(C)C)CCC(C)C)C1. The highest BCUT2D eigenvalue weighted by Gasteiger charge is 2.28. The van der Waals surface area contributed by atoms with Gasteiger partial charge in [0, 0.05) is 12.6 Å². The second kappa shape index (κ2) is 9.84. The third kappa shape index (κ3) is 7.65. The molecule has 0 aromatic heterocycles. The predicted octanol–water partition coefficient (Wildman–Crippen LogP) is 4.53. The third-order valence-corrected chi connectivity index (χ3v) is 5.27. The van der Waals surface area contributed by atoms with E-state index in [-0.39, 0.29) is 0 Å². The molecule has 1 aliphatic rings. The molecule has 0 spiro atoms. The second-order valence-corrected chi connectivity index (χ2v) is 8.18. The fourth-order valence-electron chi connectivity index (χ4n) is 3.47. The van der Waals surface area contributed by atoms with Crippen molar-refractivity contribution in [2.45, 2.75) is 79.2 Å². The van der Waals surface area contributed by atoms with Gasteiger partial charge in [-0.25, -0.2) is 0 Å². The largest absolute Gasteiger partial charge is 0.327 e. The number of hydrogen-bond donors (Lipinski definition) is 1. The van der Waals surface area contributed by atoms with E-state index >= 15 is 0 Å². The maximum absolute atomic E-state index is 6.43. The lowest BCUT2D eigenvalue weighted by atomic mass is 9.77. The summed E-state index contributed by atoms with van der Waals surface area (Å²) < 4.78 is 0. The van der Waals surface area contributed by atoms with Gasteiger partial charge in [0.05, 0.1) is 0 Å².